The Kier molecular flexibility index (Phi) is 11.3. The first-order valence-electron chi connectivity index (χ1n) is 14.4. The SMILES string of the molecule is COc1cc(OC)c(C(C=Cc2ccccc2O)S(=O)(=O)C(C=Cc2ccccc2O)c2c(OC)cc(OC)cc2OC)c(OC)c1. The van der Waals surface area contributed by atoms with Gasteiger partial charge in [0.15, 0.2) is 9.84 Å². The number of aromatic hydroxyl groups is 2. The second-order valence-electron chi connectivity index (χ2n) is 10.2. The fourth-order valence-corrected chi connectivity index (χ4v) is 7.20. The molecule has 0 radical (unpaired) electrons. The Balaban J connectivity index is 2.09. The molecule has 4 rings (SSSR count). The van der Waals surface area contributed by atoms with Crippen LogP contribution >= 0.6 is 0 Å². The van der Waals surface area contributed by atoms with E-state index < -0.39 is 20.3 Å². The van der Waals surface area contributed by atoms with Crippen molar-refractivity contribution in [3.8, 4) is 46.0 Å². The number of hydrogen-bond donors (Lipinski definition) is 2. The molecule has 11 heteroatoms. The van der Waals surface area contributed by atoms with Crippen LogP contribution in [0.3, 0.4) is 0 Å². The molecule has 47 heavy (non-hydrogen) atoms. The first-order valence-corrected chi connectivity index (χ1v) is 16.0. The summed E-state index contributed by atoms with van der Waals surface area (Å²) in [7, 11) is 4.17. The number of phenolic OH excluding ortho intramolecular Hbond substituents is 2. The number of para-hydroxylation sites is 2. The van der Waals surface area contributed by atoms with Crippen molar-refractivity contribution in [1.29, 1.82) is 0 Å². The Labute approximate surface area is 274 Å². The summed E-state index contributed by atoms with van der Waals surface area (Å²) in [6.45, 7) is 0. The summed E-state index contributed by atoms with van der Waals surface area (Å²) in [6.07, 6.45) is 5.96. The number of hydrogen-bond acceptors (Lipinski definition) is 10. The Morgan fingerprint density at radius 2 is 0.851 bits per heavy atom. The quantitative estimate of drug-likeness (QED) is 0.149. The van der Waals surface area contributed by atoms with Gasteiger partial charge in [-0.1, -0.05) is 60.7 Å². The summed E-state index contributed by atoms with van der Waals surface area (Å²) in [5.74, 6) is 1.45. The lowest BCUT2D eigenvalue weighted by Gasteiger charge is -2.27. The molecular formula is C36H38O10S. The van der Waals surface area contributed by atoms with E-state index in [0.717, 1.165) is 0 Å². The van der Waals surface area contributed by atoms with Crippen molar-refractivity contribution in [3.05, 3.63) is 107 Å². The van der Waals surface area contributed by atoms with Gasteiger partial charge in [0.2, 0.25) is 0 Å². The van der Waals surface area contributed by atoms with Gasteiger partial charge in [0.1, 0.15) is 56.5 Å². The molecule has 2 atom stereocenters. The van der Waals surface area contributed by atoms with Crippen LogP contribution < -0.4 is 28.4 Å². The summed E-state index contributed by atoms with van der Waals surface area (Å²) < 4.78 is 64.3. The topological polar surface area (TPSA) is 130 Å². The highest BCUT2D eigenvalue weighted by atomic mass is 32.2. The Morgan fingerprint density at radius 1 is 0.532 bits per heavy atom. The van der Waals surface area contributed by atoms with Crippen LogP contribution in [0, 0.1) is 0 Å². The van der Waals surface area contributed by atoms with E-state index in [1.165, 1.54) is 79.1 Å². The molecule has 4 aromatic rings. The third kappa shape index (κ3) is 7.41. The number of ether oxygens (including phenoxy) is 6. The van der Waals surface area contributed by atoms with E-state index in [0.29, 0.717) is 22.6 Å². The molecule has 4 aromatic carbocycles. The maximum Gasteiger partial charge on any atom is 0.172 e. The predicted molar refractivity (Wildman–Crippen MR) is 181 cm³/mol. The molecule has 0 fully saturated rings. The van der Waals surface area contributed by atoms with Gasteiger partial charge in [-0.25, -0.2) is 8.42 Å². The van der Waals surface area contributed by atoms with Gasteiger partial charge >= 0.3 is 0 Å². The predicted octanol–water partition coefficient (Wildman–Crippen LogP) is 6.77. The molecule has 0 aliphatic rings. The lowest BCUT2D eigenvalue weighted by Crippen LogP contribution is -2.21. The molecule has 0 bridgehead atoms. The molecule has 0 heterocycles. The minimum atomic E-state index is -4.44. The molecule has 0 saturated heterocycles. The summed E-state index contributed by atoms with van der Waals surface area (Å²) >= 11 is 0. The van der Waals surface area contributed by atoms with Crippen LogP contribution in [-0.2, 0) is 9.84 Å². The number of sulfone groups is 1. The maximum atomic E-state index is 15.3. The van der Waals surface area contributed by atoms with Gasteiger partial charge in [-0.05, 0) is 12.1 Å². The van der Waals surface area contributed by atoms with E-state index in [2.05, 4.69) is 0 Å². The van der Waals surface area contributed by atoms with E-state index in [4.69, 9.17) is 28.4 Å². The van der Waals surface area contributed by atoms with Crippen molar-refractivity contribution in [1.82, 2.24) is 0 Å². The highest BCUT2D eigenvalue weighted by molar-refractivity contribution is 7.92. The Bertz CT molecular complexity index is 1680. The summed E-state index contributed by atoms with van der Waals surface area (Å²) in [5, 5.41) is 18.2. The zero-order chi connectivity index (χ0) is 34.1. The van der Waals surface area contributed by atoms with Gasteiger partial charge < -0.3 is 38.6 Å². The highest BCUT2D eigenvalue weighted by Gasteiger charge is 2.40. The van der Waals surface area contributed by atoms with Crippen molar-refractivity contribution in [3.63, 3.8) is 0 Å². The summed E-state index contributed by atoms with van der Waals surface area (Å²) in [6, 6.07) is 19.4. The van der Waals surface area contributed by atoms with Crippen LogP contribution in [0.5, 0.6) is 46.0 Å². The van der Waals surface area contributed by atoms with Crippen LogP contribution in [0.25, 0.3) is 12.2 Å². The van der Waals surface area contributed by atoms with Crippen LogP contribution in [-0.4, -0.2) is 61.3 Å². The van der Waals surface area contributed by atoms with E-state index in [1.807, 2.05) is 0 Å². The average molecular weight is 663 g/mol. The molecule has 2 N–H and O–H groups in total. The standard InChI is InChI=1S/C36H38O10S/c1-41-25-19-29(43-3)35(30(20-25)44-4)33(17-15-23-11-7-9-13-27(23)37)47(39,40)34(18-16-24-12-8-10-14-28(24)38)36-31(45-5)21-26(42-2)22-32(36)46-6/h7-22,33-34,37-38H,1-6H3. The summed E-state index contributed by atoms with van der Waals surface area (Å²) in [4.78, 5) is 0. The minimum absolute atomic E-state index is 0.0388. The monoisotopic (exact) mass is 662 g/mol. The minimum Gasteiger partial charge on any atom is -0.507 e. The van der Waals surface area contributed by atoms with Crippen molar-refractivity contribution in [2.75, 3.05) is 42.7 Å². The van der Waals surface area contributed by atoms with Gasteiger partial charge in [-0.15, -0.1) is 0 Å². The lowest BCUT2D eigenvalue weighted by molar-refractivity contribution is 0.368. The number of methoxy groups -OCH3 is 6. The third-order valence-electron chi connectivity index (χ3n) is 7.56. The summed E-state index contributed by atoms with van der Waals surface area (Å²) in [5.41, 5.74) is 1.16. The lowest BCUT2D eigenvalue weighted by atomic mass is 10.1. The third-order valence-corrected chi connectivity index (χ3v) is 9.76. The molecule has 0 aliphatic heterocycles. The first-order chi connectivity index (χ1) is 22.6. The van der Waals surface area contributed by atoms with Crippen molar-refractivity contribution >= 4 is 22.0 Å². The molecule has 248 valence electrons. The number of benzene rings is 4. The maximum absolute atomic E-state index is 15.3. The molecule has 0 spiro atoms. The van der Waals surface area contributed by atoms with E-state index in [-0.39, 0.29) is 45.6 Å². The van der Waals surface area contributed by atoms with Crippen molar-refractivity contribution in [2.24, 2.45) is 0 Å². The second-order valence-corrected chi connectivity index (χ2v) is 12.4. The smallest absolute Gasteiger partial charge is 0.172 e. The fraction of sp³-hybridized carbons (Fsp3) is 0.222. The molecule has 2 unspecified atom stereocenters. The molecule has 10 nitrogen and oxygen atoms in total. The van der Waals surface area contributed by atoms with Gasteiger partial charge in [0.05, 0.1) is 53.8 Å². The van der Waals surface area contributed by atoms with E-state index >= 15 is 8.42 Å². The second kappa shape index (κ2) is 15.3. The van der Waals surface area contributed by atoms with Gasteiger partial charge in [-0.3, -0.25) is 0 Å². The fourth-order valence-electron chi connectivity index (χ4n) is 5.16. The van der Waals surface area contributed by atoms with Gasteiger partial charge in [0.25, 0.3) is 0 Å². The zero-order valence-electron chi connectivity index (χ0n) is 27.0. The number of phenols is 2. The van der Waals surface area contributed by atoms with Crippen molar-refractivity contribution < 1.29 is 47.1 Å². The van der Waals surface area contributed by atoms with Crippen LogP contribution in [0.1, 0.15) is 32.8 Å². The van der Waals surface area contributed by atoms with E-state index in [9.17, 15) is 10.2 Å². The normalized spacial score (nSPS) is 12.9. The molecule has 0 amide bonds. The van der Waals surface area contributed by atoms with Crippen LogP contribution in [0.4, 0.5) is 0 Å². The van der Waals surface area contributed by atoms with Crippen LogP contribution in [0.15, 0.2) is 84.9 Å². The molecule has 0 aromatic heterocycles. The zero-order valence-corrected chi connectivity index (χ0v) is 27.8. The largest absolute Gasteiger partial charge is 0.507 e. The Hall–Kier alpha value is -5.29. The first kappa shape index (κ1) is 34.6. The highest BCUT2D eigenvalue weighted by Crippen LogP contribution is 2.50. The molecule has 0 saturated carbocycles. The van der Waals surface area contributed by atoms with Crippen LogP contribution in [0.2, 0.25) is 0 Å². The molecule has 0 aliphatic carbocycles. The van der Waals surface area contributed by atoms with Gasteiger partial charge in [-0.2, -0.15) is 0 Å². The van der Waals surface area contributed by atoms with E-state index in [1.54, 1.807) is 60.7 Å². The van der Waals surface area contributed by atoms with Crippen molar-refractivity contribution in [2.45, 2.75) is 10.5 Å². The molecular weight excluding hydrogens is 624 g/mol. The van der Waals surface area contributed by atoms with Gasteiger partial charge in [0, 0.05) is 35.4 Å². The number of rotatable bonds is 14. The Morgan fingerprint density at radius 3 is 1.13 bits per heavy atom. The average Bonchev–Trinajstić information content (AvgIpc) is 3.09.